The van der Waals surface area contributed by atoms with Crippen LogP contribution in [-0.4, -0.2) is 32.6 Å². The van der Waals surface area contributed by atoms with Gasteiger partial charge in [0.05, 0.1) is 11.6 Å². The third-order valence-electron chi connectivity index (χ3n) is 6.15. The van der Waals surface area contributed by atoms with Gasteiger partial charge >= 0.3 is 6.18 Å². The number of fused-ring (bicyclic) bond motifs is 1. The number of anilines is 1. The van der Waals surface area contributed by atoms with Crippen LogP contribution in [0.3, 0.4) is 0 Å². The van der Waals surface area contributed by atoms with Gasteiger partial charge in [-0.3, -0.25) is 0 Å². The molecule has 2 aromatic carbocycles. The lowest BCUT2D eigenvalue weighted by Crippen LogP contribution is -2.56. The van der Waals surface area contributed by atoms with Crippen LogP contribution in [-0.2, 0) is 0 Å². The van der Waals surface area contributed by atoms with Crippen molar-refractivity contribution in [2.45, 2.75) is 48.4 Å². The summed E-state index contributed by atoms with van der Waals surface area (Å²) in [6.45, 7) is 1.65. The van der Waals surface area contributed by atoms with Gasteiger partial charge in [-0.25, -0.2) is 14.4 Å². The molecule has 9 heteroatoms. The number of hydrogen-bond acceptors (Lipinski definition) is 5. The van der Waals surface area contributed by atoms with E-state index >= 15 is 0 Å². The summed E-state index contributed by atoms with van der Waals surface area (Å²) in [6.07, 6.45) is -3.30. The molecule has 1 aliphatic carbocycles. The van der Waals surface area contributed by atoms with Crippen molar-refractivity contribution in [2.75, 3.05) is 11.1 Å². The Balaban J connectivity index is 1.70. The van der Waals surface area contributed by atoms with Crippen LogP contribution in [0.15, 0.2) is 41.4 Å². The number of benzene rings is 2. The van der Waals surface area contributed by atoms with Gasteiger partial charge in [0.2, 0.25) is 0 Å². The van der Waals surface area contributed by atoms with Crippen molar-refractivity contribution in [3.63, 3.8) is 0 Å². The lowest BCUT2D eigenvalue weighted by Gasteiger charge is -2.47. The fourth-order valence-corrected chi connectivity index (χ4v) is 5.97. The largest absolute Gasteiger partial charge is 0.419 e. The summed E-state index contributed by atoms with van der Waals surface area (Å²) < 4.78 is 57.1. The van der Waals surface area contributed by atoms with E-state index in [4.69, 9.17) is 0 Å². The standard InChI is InChI=1S/C22H19F4N3OS/c1-11-27-10-15-16(28-11)7-13(23)8-17(15)29-20-14-3-2-4-18-19(14)12(5-6-31-18)9-21(20,30)22(24,25)26/h2-4,7-8,10,12,20,29-30H,5-6,9H2,1H3. The first-order chi connectivity index (χ1) is 14.7. The lowest BCUT2D eigenvalue weighted by molar-refractivity contribution is -0.273. The summed E-state index contributed by atoms with van der Waals surface area (Å²) in [7, 11) is 0. The van der Waals surface area contributed by atoms with E-state index in [2.05, 4.69) is 15.3 Å². The molecule has 2 aliphatic rings. The Kier molecular flexibility index (Phi) is 4.67. The van der Waals surface area contributed by atoms with Gasteiger partial charge in [-0.05, 0) is 54.7 Å². The van der Waals surface area contributed by atoms with Crippen LogP contribution in [0.2, 0.25) is 0 Å². The maximum absolute atomic E-state index is 14.3. The fraction of sp³-hybridized carbons (Fsp3) is 0.364. The SMILES string of the molecule is Cc1ncc2c(NC3c4cccc5c4C(CCS5)CC3(O)C(F)(F)F)cc(F)cc2n1. The number of hydrogen-bond donors (Lipinski definition) is 2. The molecular weight excluding hydrogens is 430 g/mol. The Labute approximate surface area is 180 Å². The number of halogens is 4. The fourth-order valence-electron chi connectivity index (χ4n) is 4.73. The summed E-state index contributed by atoms with van der Waals surface area (Å²) in [5.41, 5.74) is -1.37. The number of rotatable bonds is 2. The van der Waals surface area contributed by atoms with Gasteiger partial charge in [0, 0.05) is 28.2 Å². The number of nitrogens with zero attached hydrogens (tertiary/aromatic N) is 2. The molecule has 0 spiro atoms. The van der Waals surface area contributed by atoms with E-state index in [0.29, 0.717) is 28.9 Å². The van der Waals surface area contributed by atoms with Crippen molar-refractivity contribution >= 4 is 28.4 Å². The highest BCUT2D eigenvalue weighted by Crippen LogP contribution is 2.56. The van der Waals surface area contributed by atoms with Crippen LogP contribution in [0.5, 0.6) is 0 Å². The Bertz CT molecular complexity index is 1180. The predicted octanol–water partition coefficient (Wildman–Crippen LogP) is 5.51. The molecule has 0 saturated carbocycles. The number of aryl methyl sites for hydroxylation is 1. The van der Waals surface area contributed by atoms with Crippen LogP contribution in [0.25, 0.3) is 10.9 Å². The number of aromatic nitrogens is 2. The molecule has 1 aromatic heterocycles. The quantitative estimate of drug-likeness (QED) is 0.506. The first kappa shape index (κ1) is 20.5. The van der Waals surface area contributed by atoms with Crippen LogP contribution in [0.4, 0.5) is 23.2 Å². The lowest BCUT2D eigenvalue weighted by atomic mass is 9.69. The van der Waals surface area contributed by atoms with Gasteiger partial charge < -0.3 is 10.4 Å². The Morgan fingerprint density at radius 2 is 2.06 bits per heavy atom. The van der Waals surface area contributed by atoms with Gasteiger partial charge in [0.25, 0.3) is 0 Å². The van der Waals surface area contributed by atoms with E-state index in [0.717, 1.165) is 16.5 Å². The molecule has 0 fully saturated rings. The Hall–Kier alpha value is -2.39. The van der Waals surface area contributed by atoms with E-state index in [1.54, 1.807) is 30.8 Å². The number of thioether (sulfide) groups is 1. The van der Waals surface area contributed by atoms with Crippen molar-refractivity contribution in [1.82, 2.24) is 9.97 Å². The molecule has 0 saturated heterocycles. The average molecular weight is 449 g/mol. The highest BCUT2D eigenvalue weighted by atomic mass is 32.2. The molecule has 0 radical (unpaired) electrons. The molecule has 2 N–H and O–H groups in total. The van der Waals surface area contributed by atoms with E-state index in [9.17, 15) is 22.7 Å². The minimum Gasteiger partial charge on any atom is -0.379 e. The second kappa shape index (κ2) is 7.06. The monoisotopic (exact) mass is 449 g/mol. The Morgan fingerprint density at radius 1 is 1.26 bits per heavy atom. The van der Waals surface area contributed by atoms with Gasteiger partial charge in [-0.1, -0.05) is 12.1 Å². The zero-order valence-corrected chi connectivity index (χ0v) is 17.3. The summed E-state index contributed by atoms with van der Waals surface area (Å²) in [6, 6.07) is 6.06. The van der Waals surface area contributed by atoms with Crippen molar-refractivity contribution in [3.05, 3.63) is 59.3 Å². The smallest absolute Gasteiger partial charge is 0.379 e. The van der Waals surface area contributed by atoms with Crippen molar-refractivity contribution < 1.29 is 22.7 Å². The molecule has 0 amide bonds. The number of alkyl halides is 3. The molecule has 2 heterocycles. The van der Waals surface area contributed by atoms with Crippen LogP contribution in [0, 0.1) is 12.7 Å². The van der Waals surface area contributed by atoms with E-state index < -0.39 is 30.1 Å². The van der Waals surface area contributed by atoms with Crippen LogP contribution in [0.1, 0.15) is 41.8 Å². The maximum atomic E-state index is 14.3. The third-order valence-corrected chi connectivity index (χ3v) is 7.26. The zero-order chi connectivity index (χ0) is 22.0. The summed E-state index contributed by atoms with van der Waals surface area (Å²) in [4.78, 5) is 9.23. The molecule has 5 rings (SSSR count). The maximum Gasteiger partial charge on any atom is 0.419 e. The normalized spacial score (nSPS) is 25.4. The second-order valence-electron chi connectivity index (χ2n) is 8.10. The molecule has 3 unspecified atom stereocenters. The number of nitrogens with one attached hydrogen (secondary N) is 1. The van der Waals surface area contributed by atoms with E-state index in [-0.39, 0.29) is 17.1 Å². The van der Waals surface area contributed by atoms with E-state index in [1.807, 2.05) is 6.07 Å². The van der Waals surface area contributed by atoms with E-state index in [1.165, 1.54) is 12.3 Å². The van der Waals surface area contributed by atoms with Crippen LogP contribution < -0.4 is 5.32 Å². The third kappa shape index (κ3) is 3.25. The van der Waals surface area contributed by atoms with Crippen molar-refractivity contribution in [1.29, 1.82) is 0 Å². The summed E-state index contributed by atoms with van der Waals surface area (Å²) >= 11 is 1.61. The minimum atomic E-state index is -4.88. The van der Waals surface area contributed by atoms with Crippen LogP contribution >= 0.6 is 11.8 Å². The van der Waals surface area contributed by atoms with Gasteiger partial charge in [-0.15, -0.1) is 11.8 Å². The molecule has 3 aromatic rings. The number of aliphatic hydroxyl groups is 1. The summed E-state index contributed by atoms with van der Waals surface area (Å²) in [5.74, 6) is 0.110. The van der Waals surface area contributed by atoms with Gasteiger partial charge in [-0.2, -0.15) is 13.2 Å². The molecule has 0 bridgehead atoms. The first-order valence-electron chi connectivity index (χ1n) is 9.91. The highest BCUT2D eigenvalue weighted by Gasteiger charge is 2.62. The molecular formula is C22H19F4N3OS. The second-order valence-corrected chi connectivity index (χ2v) is 9.24. The predicted molar refractivity (Wildman–Crippen MR) is 111 cm³/mol. The zero-order valence-electron chi connectivity index (χ0n) is 16.5. The average Bonchev–Trinajstić information content (AvgIpc) is 2.69. The van der Waals surface area contributed by atoms with Crippen molar-refractivity contribution in [3.8, 4) is 0 Å². The topological polar surface area (TPSA) is 58.0 Å². The molecule has 4 nitrogen and oxygen atoms in total. The molecule has 1 aliphatic heterocycles. The molecule has 3 atom stereocenters. The minimum absolute atomic E-state index is 0.113. The molecule has 162 valence electrons. The van der Waals surface area contributed by atoms with Gasteiger partial charge in [0.15, 0.2) is 5.60 Å². The molecule has 31 heavy (non-hydrogen) atoms. The van der Waals surface area contributed by atoms with Crippen molar-refractivity contribution in [2.24, 2.45) is 0 Å². The first-order valence-corrected chi connectivity index (χ1v) is 10.9. The Morgan fingerprint density at radius 3 is 2.84 bits per heavy atom. The van der Waals surface area contributed by atoms with Gasteiger partial charge in [0.1, 0.15) is 11.6 Å². The summed E-state index contributed by atoms with van der Waals surface area (Å²) in [5, 5.41) is 14.3. The highest BCUT2D eigenvalue weighted by molar-refractivity contribution is 7.99.